The molecule has 0 aromatic rings. The first-order chi connectivity index (χ1) is 6.72. The molecule has 1 fully saturated rings. The van der Waals surface area contributed by atoms with Gasteiger partial charge in [-0.05, 0) is 25.8 Å². The number of nitrogens with one attached hydrogen (secondary N) is 1. The van der Waals surface area contributed by atoms with E-state index in [2.05, 4.69) is 10.5 Å². The van der Waals surface area contributed by atoms with Crippen LogP contribution in [0.4, 0.5) is 0 Å². The summed E-state index contributed by atoms with van der Waals surface area (Å²) < 4.78 is 0. The minimum Gasteiger partial charge on any atom is -0.409 e. The summed E-state index contributed by atoms with van der Waals surface area (Å²) in [7, 11) is 0. The fraction of sp³-hybridized carbons (Fsp3) is 0.889. The number of amidine groups is 1. The van der Waals surface area contributed by atoms with Gasteiger partial charge in [0.25, 0.3) is 0 Å². The van der Waals surface area contributed by atoms with E-state index in [0.29, 0.717) is 6.42 Å². The fourth-order valence-electron chi connectivity index (χ4n) is 1.37. The molecule has 0 unspecified atom stereocenters. The van der Waals surface area contributed by atoms with Crippen LogP contribution in [0.1, 0.15) is 25.7 Å². The van der Waals surface area contributed by atoms with Gasteiger partial charge in [0, 0.05) is 25.0 Å². The van der Waals surface area contributed by atoms with Gasteiger partial charge in [-0.25, -0.2) is 0 Å². The summed E-state index contributed by atoms with van der Waals surface area (Å²) >= 11 is 0. The van der Waals surface area contributed by atoms with Crippen LogP contribution in [0.15, 0.2) is 5.16 Å². The van der Waals surface area contributed by atoms with E-state index < -0.39 is 0 Å². The van der Waals surface area contributed by atoms with Crippen molar-refractivity contribution in [2.75, 3.05) is 19.7 Å². The lowest BCUT2D eigenvalue weighted by atomic mass is 10.1. The molecule has 5 nitrogen and oxygen atoms in total. The molecule has 0 atom stereocenters. The maximum absolute atomic E-state index is 9.03. The highest BCUT2D eigenvalue weighted by atomic mass is 16.4. The van der Waals surface area contributed by atoms with Crippen LogP contribution >= 0.6 is 0 Å². The van der Waals surface area contributed by atoms with E-state index in [0.717, 1.165) is 32.4 Å². The molecule has 0 spiro atoms. The molecule has 0 aromatic heterocycles. The first kappa shape index (κ1) is 11.3. The van der Waals surface area contributed by atoms with Crippen LogP contribution in [-0.2, 0) is 0 Å². The van der Waals surface area contributed by atoms with Gasteiger partial charge < -0.3 is 21.4 Å². The lowest BCUT2D eigenvalue weighted by Crippen LogP contribution is -2.27. The summed E-state index contributed by atoms with van der Waals surface area (Å²) in [5.41, 5.74) is 5.48. The predicted octanol–water partition coefficient (Wildman–Crippen LogP) is -0.125. The van der Waals surface area contributed by atoms with Gasteiger partial charge in [0.1, 0.15) is 5.84 Å². The number of nitrogens with zero attached hydrogens (tertiary/aromatic N) is 1. The number of hydrogen-bond donors (Lipinski definition) is 4. The van der Waals surface area contributed by atoms with Crippen LogP contribution in [-0.4, -0.2) is 35.8 Å². The molecule has 0 bridgehead atoms. The second-order valence-electron chi connectivity index (χ2n) is 4.03. The zero-order valence-electron chi connectivity index (χ0n) is 8.37. The maximum atomic E-state index is 9.03. The molecule has 1 rings (SSSR count). The number of aliphatic hydroxyl groups excluding tert-OH is 1. The van der Waals surface area contributed by atoms with Crippen LogP contribution in [0.3, 0.4) is 0 Å². The molecule has 1 aliphatic carbocycles. The Morgan fingerprint density at radius 3 is 2.71 bits per heavy atom. The summed E-state index contributed by atoms with van der Waals surface area (Å²) in [6.45, 7) is 2.00. The van der Waals surface area contributed by atoms with Crippen molar-refractivity contribution in [1.82, 2.24) is 5.32 Å². The van der Waals surface area contributed by atoms with E-state index in [1.165, 1.54) is 0 Å². The monoisotopic (exact) mass is 201 g/mol. The number of aliphatic hydroxyl groups is 1. The average Bonchev–Trinajstić information content (AvgIpc) is 2.98. The lowest BCUT2D eigenvalue weighted by molar-refractivity contribution is 0.208. The van der Waals surface area contributed by atoms with Crippen LogP contribution in [0.2, 0.25) is 0 Å². The van der Waals surface area contributed by atoms with E-state index in [-0.39, 0.29) is 17.9 Å². The van der Waals surface area contributed by atoms with Crippen LogP contribution in [0.25, 0.3) is 0 Å². The molecule has 0 aromatic carbocycles. The Morgan fingerprint density at radius 1 is 1.50 bits per heavy atom. The van der Waals surface area contributed by atoms with Crippen molar-refractivity contribution < 1.29 is 10.3 Å². The quantitative estimate of drug-likeness (QED) is 0.152. The first-order valence-corrected chi connectivity index (χ1v) is 5.00. The number of rotatable bonds is 7. The van der Waals surface area contributed by atoms with Crippen molar-refractivity contribution in [2.24, 2.45) is 16.3 Å². The summed E-state index contributed by atoms with van der Waals surface area (Å²) in [5.74, 6) is 0.273. The van der Waals surface area contributed by atoms with E-state index in [9.17, 15) is 0 Å². The predicted molar refractivity (Wildman–Crippen MR) is 54.3 cm³/mol. The Balaban J connectivity index is 1.95. The Bertz CT molecular complexity index is 202. The molecule has 1 saturated carbocycles. The molecule has 0 radical (unpaired) electrons. The van der Waals surface area contributed by atoms with E-state index in [1.54, 1.807) is 0 Å². The smallest absolute Gasteiger partial charge is 0.139 e. The maximum Gasteiger partial charge on any atom is 0.139 e. The Kier molecular flexibility index (Phi) is 4.16. The zero-order valence-corrected chi connectivity index (χ0v) is 8.37. The van der Waals surface area contributed by atoms with E-state index in [1.807, 2.05) is 0 Å². The van der Waals surface area contributed by atoms with Crippen LogP contribution in [0.5, 0.6) is 0 Å². The second kappa shape index (κ2) is 5.17. The molecular formula is C9H19N3O2. The lowest BCUT2D eigenvalue weighted by Gasteiger charge is -2.12. The molecule has 5 N–H and O–H groups in total. The van der Waals surface area contributed by atoms with Gasteiger partial charge in [0.15, 0.2) is 0 Å². The largest absolute Gasteiger partial charge is 0.409 e. The fourth-order valence-corrected chi connectivity index (χ4v) is 1.37. The third kappa shape index (κ3) is 3.51. The standard InChI is InChI=1S/C9H19N3O2/c10-8(12-14)2-1-5-11-6-9(7-13)3-4-9/h11,13-14H,1-7H2,(H2,10,12). The van der Waals surface area contributed by atoms with Gasteiger partial charge in [-0.1, -0.05) is 5.16 Å². The molecule has 0 heterocycles. The number of hydrogen-bond acceptors (Lipinski definition) is 4. The molecule has 0 aliphatic heterocycles. The third-order valence-corrected chi connectivity index (χ3v) is 2.71. The van der Waals surface area contributed by atoms with Gasteiger partial charge in [-0.3, -0.25) is 0 Å². The molecule has 0 saturated heterocycles. The Labute approximate surface area is 84.0 Å². The topological polar surface area (TPSA) is 90.9 Å². The van der Waals surface area contributed by atoms with Crippen molar-refractivity contribution >= 4 is 5.84 Å². The summed E-state index contributed by atoms with van der Waals surface area (Å²) in [5, 5.41) is 23.5. The molecule has 14 heavy (non-hydrogen) atoms. The van der Waals surface area contributed by atoms with Crippen molar-refractivity contribution in [3.05, 3.63) is 0 Å². The van der Waals surface area contributed by atoms with Crippen molar-refractivity contribution in [3.8, 4) is 0 Å². The molecule has 0 amide bonds. The van der Waals surface area contributed by atoms with Crippen molar-refractivity contribution in [1.29, 1.82) is 0 Å². The Morgan fingerprint density at radius 2 is 2.21 bits per heavy atom. The van der Waals surface area contributed by atoms with Gasteiger partial charge >= 0.3 is 0 Å². The van der Waals surface area contributed by atoms with E-state index in [4.69, 9.17) is 16.0 Å². The normalized spacial score (nSPS) is 19.6. The van der Waals surface area contributed by atoms with Crippen LogP contribution < -0.4 is 11.1 Å². The highest BCUT2D eigenvalue weighted by Gasteiger charge is 2.41. The molecular weight excluding hydrogens is 182 g/mol. The average molecular weight is 201 g/mol. The molecule has 5 heteroatoms. The van der Waals surface area contributed by atoms with Crippen molar-refractivity contribution in [2.45, 2.75) is 25.7 Å². The number of nitrogens with two attached hydrogens (primary N) is 1. The van der Waals surface area contributed by atoms with Crippen LogP contribution in [0, 0.1) is 5.41 Å². The molecule has 1 aliphatic rings. The minimum absolute atomic E-state index is 0.163. The van der Waals surface area contributed by atoms with Crippen molar-refractivity contribution in [3.63, 3.8) is 0 Å². The van der Waals surface area contributed by atoms with Gasteiger partial charge in [0.05, 0.1) is 0 Å². The summed E-state index contributed by atoms with van der Waals surface area (Å²) in [6, 6.07) is 0. The highest BCUT2D eigenvalue weighted by molar-refractivity contribution is 5.79. The minimum atomic E-state index is 0.163. The summed E-state index contributed by atoms with van der Waals surface area (Å²) in [6.07, 6.45) is 3.71. The second-order valence-corrected chi connectivity index (χ2v) is 4.03. The number of oxime groups is 1. The van der Waals surface area contributed by atoms with E-state index >= 15 is 0 Å². The highest BCUT2D eigenvalue weighted by Crippen LogP contribution is 2.44. The Hall–Kier alpha value is -0.810. The van der Waals surface area contributed by atoms with Gasteiger partial charge in [0.2, 0.25) is 0 Å². The summed E-state index contributed by atoms with van der Waals surface area (Å²) in [4.78, 5) is 0. The molecule has 82 valence electrons. The van der Waals surface area contributed by atoms with Gasteiger partial charge in [-0.15, -0.1) is 0 Å². The third-order valence-electron chi connectivity index (χ3n) is 2.71. The zero-order chi connectivity index (χ0) is 10.4. The van der Waals surface area contributed by atoms with Gasteiger partial charge in [-0.2, -0.15) is 0 Å². The first-order valence-electron chi connectivity index (χ1n) is 5.00. The SMILES string of the molecule is NC(CCCNCC1(CO)CC1)=NO.